The van der Waals surface area contributed by atoms with Gasteiger partial charge in [0.15, 0.2) is 0 Å². The number of aliphatic hydroxyl groups is 1. The highest BCUT2D eigenvalue weighted by molar-refractivity contribution is 9.10. The number of rotatable bonds is 8. The molecule has 4 unspecified atom stereocenters. The molecule has 0 bridgehead atoms. The molecule has 8 heteroatoms. The first-order chi connectivity index (χ1) is 23.4. The van der Waals surface area contributed by atoms with E-state index >= 15 is 0 Å². The molecule has 2 amide bonds. The van der Waals surface area contributed by atoms with Crippen molar-refractivity contribution in [2.24, 2.45) is 11.8 Å². The number of carbonyl (C=O) groups excluding carboxylic acids is 3. The van der Waals surface area contributed by atoms with E-state index in [0.29, 0.717) is 27.2 Å². The Labute approximate surface area is 304 Å². The van der Waals surface area contributed by atoms with Crippen LogP contribution in [0, 0.1) is 39.5 Å². The van der Waals surface area contributed by atoms with Gasteiger partial charge in [-0.1, -0.05) is 85.2 Å². The van der Waals surface area contributed by atoms with Crippen molar-refractivity contribution in [3.63, 3.8) is 0 Å². The summed E-state index contributed by atoms with van der Waals surface area (Å²) in [7, 11) is 0. The van der Waals surface area contributed by atoms with E-state index in [9.17, 15) is 19.5 Å². The summed E-state index contributed by atoms with van der Waals surface area (Å²) in [4.78, 5) is 42.9. The van der Waals surface area contributed by atoms with Gasteiger partial charge in [0.1, 0.15) is 24.1 Å². The second-order valence-electron chi connectivity index (χ2n) is 15.0. The van der Waals surface area contributed by atoms with Crippen LogP contribution in [0.4, 0.5) is 11.4 Å². The number of amides is 2. The molecule has 7 nitrogen and oxygen atoms in total. The number of Topliss-reactive ketones (excluding diaryl/α,β-unsaturated/α-hetero) is 1. The molecule has 0 radical (unpaired) electrons. The lowest BCUT2D eigenvalue weighted by atomic mass is 9.61. The van der Waals surface area contributed by atoms with Crippen LogP contribution in [0.15, 0.2) is 83.3 Å². The fraction of sp³-hybridized carbons (Fsp3) is 0.357. The van der Waals surface area contributed by atoms with E-state index in [1.807, 2.05) is 82.3 Å². The fourth-order valence-electron chi connectivity index (χ4n) is 6.80. The predicted molar refractivity (Wildman–Crippen MR) is 203 cm³/mol. The van der Waals surface area contributed by atoms with E-state index < -0.39 is 41.0 Å². The normalized spacial score (nSPS) is 20.7. The van der Waals surface area contributed by atoms with Gasteiger partial charge in [0.25, 0.3) is 0 Å². The summed E-state index contributed by atoms with van der Waals surface area (Å²) in [5, 5.41) is 18.0. The van der Waals surface area contributed by atoms with Crippen molar-refractivity contribution in [3.8, 4) is 5.75 Å². The van der Waals surface area contributed by atoms with Gasteiger partial charge in [-0.2, -0.15) is 0 Å². The number of carbonyl (C=O) groups is 3. The summed E-state index contributed by atoms with van der Waals surface area (Å²) >= 11 is 3.58. The first-order valence-corrected chi connectivity index (χ1v) is 17.8. The Morgan fingerprint density at radius 3 is 1.96 bits per heavy atom. The minimum absolute atomic E-state index is 0.00186. The van der Waals surface area contributed by atoms with E-state index in [-0.39, 0.29) is 18.4 Å². The van der Waals surface area contributed by atoms with Crippen molar-refractivity contribution in [2.45, 2.75) is 85.4 Å². The average molecular weight is 740 g/mol. The Morgan fingerprint density at radius 2 is 1.40 bits per heavy atom. The molecule has 262 valence electrons. The zero-order chi connectivity index (χ0) is 36.5. The van der Waals surface area contributed by atoms with Crippen LogP contribution in [0.25, 0.3) is 0 Å². The largest absolute Gasteiger partial charge is 0.489 e. The topological polar surface area (TPSA) is 105 Å². The second-order valence-corrected chi connectivity index (χ2v) is 15.9. The lowest BCUT2D eigenvalue weighted by Gasteiger charge is -2.45. The molecule has 3 N–H and O–H groups in total. The van der Waals surface area contributed by atoms with Gasteiger partial charge in [0.2, 0.25) is 11.8 Å². The Balaban J connectivity index is 1.61. The maximum atomic E-state index is 14.5. The van der Waals surface area contributed by atoms with Crippen LogP contribution in [-0.4, -0.2) is 28.3 Å². The zero-order valence-corrected chi connectivity index (χ0v) is 31.7. The number of anilines is 2. The average Bonchev–Trinajstić information content (AvgIpc) is 3.02. The molecule has 4 aromatic carbocycles. The highest BCUT2D eigenvalue weighted by Gasteiger charge is 2.56. The summed E-state index contributed by atoms with van der Waals surface area (Å²) in [5.74, 6) is -4.64. The number of aryl methyl sites for hydroxylation is 4. The van der Waals surface area contributed by atoms with Gasteiger partial charge in [0.05, 0.1) is 11.5 Å². The Hall–Kier alpha value is -4.27. The molecule has 0 saturated heterocycles. The molecular formula is C42H47BrN2O5. The van der Waals surface area contributed by atoms with Gasteiger partial charge in [0, 0.05) is 33.7 Å². The van der Waals surface area contributed by atoms with E-state index in [1.165, 1.54) is 12.5 Å². The highest BCUT2D eigenvalue weighted by Crippen LogP contribution is 2.49. The third-order valence-electron chi connectivity index (χ3n) is 9.68. The molecule has 50 heavy (non-hydrogen) atoms. The van der Waals surface area contributed by atoms with Crippen molar-refractivity contribution < 1.29 is 24.2 Å². The van der Waals surface area contributed by atoms with E-state index in [1.54, 1.807) is 12.1 Å². The predicted octanol–water partition coefficient (Wildman–Crippen LogP) is 8.88. The molecule has 4 atom stereocenters. The van der Waals surface area contributed by atoms with Crippen molar-refractivity contribution in [1.82, 2.24) is 0 Å². The molecular weight excluding hydrogens is 692 g/mol. The lowest BCUT2D eigenvalue weighted by Crippen LogP contribution is -2.56. The Kier molecular flexibility index (Phi) is 10.8. The maximum Gasteiger partial charge on any atom is 0.235 e. The molecule has 1 aliphatic carbocycles. The smallest absolute Gasteiger partial charge is 0.235 e. The minimum Gasteiger partial charge on any atom is -0.489 e. The van der Waals surface area contributed by atoms with Crippen molar-refractivity contribution in [2.75, 3.05) is 10.6 Å². The number of halogens is 1. The van der Waals surface area contributed by atoms with E-state index in [2.05, 4.69) is 59.5 Å². The first-order valence-electron chi connectivity index (χ1n) is 17.0. The van der Waals surface area contributed by atoms with Gasteiger partial charge < -0.3 is 20.5 Å². The molecule has 1 saturated carbocycles. The van der Waals surface area contributed by atoms with Crippen LogP contribution in [0.3, 0.4) is 0 Å². The molecule has 0 spiro atoms. The number of benzene rings is 4. The summed E-state index contributed by atoms with van der Waals surface area (Å²) in [6, 6.07) is 25.0. The molecule has 5 rings (SSSR count). The first kappa shape index (κ1) is 37.0. The summed E-state index contributed by atoms with van der Waals surface area (Å²) < 4.78 is 7.12. The van der Waals surface area contributed by atoms with Crippen molar-refractivity contribution in [3.05, 3.63) is 122 Å². The third-order valence-corrected chi connectivity index (χ3v) is 10.2. The van der Waals surface area contributed by atoms with Crippen LogP contribution in [0.2, 0.25) is 0 Å². The summed E-state index contributed by atoms with van der Waals surface area (Å²) in [6.07, 6.45) is -0.371. The number of hydrogen-bond donors (Lipinski definition) is 3. The molecule has 1 aliphatic rings. The SMILES string of the molecule is Cc1ccc(C)c(NC(=O)C2C(=O)CC(C)(O)C(C(=O)Nc3cc(C)ccc3C)C2c2cc(Br)ccc2OCc2ccc(C(C)(C)C)cc2)c1. The molecule has 1 fully saturated rings. The quantitative estimate of drug-likeness (QED) is 0.157. The number of hydrogen-bond acceptors (Lipinski definition) is 5. The second kappa shape index (κ2) is 14.5. The number of nitrogens with one attached hydrogen (secondary N) is 2. The molecule has 0 aromatic heterocycles. The van der Waals surface area contributed by atoms with Gasteiger partial charge >= 0.3 is 0 Å². The van der Waals surface area contributed by atoms with Crippen LogP contribution >= 0.6 is 15.9 Å². The van der Waals surface area contributed by atoms with Crippen LogP contribution in [0.1, 0.15) is 79.0 Å². The monoisotopic (exact) mass is 738 g/mol. The van der Waals surface area contributed by atoms with Gasteiger partial charge in [-0.05, 0) is 104 Å². The number of ketones is 1. The zero-order valence-electron chi connectivity index (χ0n) is 30.1. The maximum absolute atomic E-state index is 14.5. The Morgan fingerprint density at radius 1 is 0.840 bits per heavy atom. The van der Waals surface area contributed by atoms with Crippen LogP contribution in [0.5, 0.6) is 5.75 Å². The van der Waals surface area contributed by atoms with Crippen molar-refractivity contribution >= 4 is 44.9 Å². The molecule has 0 aliphatic heterocycles. The molecule has 0 heterocycles. The fourth-order valence-corrected chi connectivity index (χ4v) is 7.18. The van der Waals surface area contributed by atoms with Gasteiger partial charge in [-0.25, -0.2) is 0 Å². The van der Waals surface area contributed by atoms with E-state index in [0.717, 1.165) is 27.8 Å². The van der Waals surface area contributed by atoms with E-state index in [4.69, 9.17) is 4.74 Å². The third kappa shape index (κ3) is 8.19. The van der Waals surface area contributed by atoms with Crippen LogP contribution < -0.4 is 15.4 Å². The lowest BCUT2D eigenvalue weighted by molar-refractivity contribution is -0.150. The van der Waals surface area contributed by atoms with Crippen molar-refractivity contribution in [1.29, 1.82) is 0 Å². The standard InChI is InChI=1S/C42H47BrN2O5/c1-24-9-11-26(3)32(19-24)44-39(47)37-34(46)22-42(8,49)38(40(48)45-33-20-25(2)10-12-27(33)4)36(37)31-21-30(43)17-18-35(31)50-23-28-13-15-29(16-14-28)41(5,6)7/h9-21,36-38,49H,22-23H2,1-8H3,(H,44,47)(H,45,48). The molecule has 4 aromatic rings. The Bertz CT molecular complexity index is 1930. The summed E-state index contributed by atoms with van der Waals surface area (Å²) in [6.45, 7) is 15.8. The minimum atomic E-state index is -1.78. The highest BCUT2D eigenvalue weighted by atomic mass is 79.9. The summed E-state index contributed by atoms with van der Waals surface area (Å²) in [5.41, 5.74) is 5.61. The number of ether oxygens (including phenoxy) is 1. The van der Waals surface area contributed by atoms with Gasteiger partial charge in [-0.3, -0.25) is 14.4 Å². The van der Waals surface area contributed by atoms with Gasteiger partial charge in [-0.15, -0.1) is 0 Å². The van der Waals surface area contributed by atoms with Crippen LogP contribution in [-0.2, 0) is 26.4 Å².